The van der Waals surface area contributed by atoms with E-state index in [2.05, 4.69) is 6.92 Å². The van der Waals surface area contributed by atoms with Crippen LogP contribution in [0.3, 0.4) is 0 Å². The third-order valence-electron chi connectivity index (χ3n) is 3.38. The van der Waals surface area contributed by atoms with Gasteiger partial charge in [-0.15, -0.1) is 0 Å². The summed E-state index contributed by atoms with van der Waals surface area (Å²) in [5, 5.41) is -0.907. The van der Waals surface area contributed by atoms with Gasteiger partial charge in [-0.1, -0.05) is 26.2 Å². The molecule has 0 N–H and O–H groups in total. The van der Waals surface area contributed by atoms with E-state index in [1.54, 1.807) is 39.5 Å². The zero-order chi connectivity index (χ0) is 19.2. The Kier molecular flexibility index (Phi) is 15.1. The lowest BCUT2D eigenvalue weighted by atomic mass is 10.2. The van der Waals surface area contributed by atoms with Crippen LogP contribution in [0.1, 0.15) is 60.3 Å². The van der Waals surface area contributed by atoms with Crippen molar-refractivity contribution >= 4 is 27.0 Å². The molecule has 0 atom stereocenters. The third kappa shape index (κ3) is 9.41. The van der Waals surface area contributed by atoms with Gasteiger partial charge in [-0.2, -0.15) is 11.8 Å². The molecule has 0 radical (unpaired) electrons. The fourth-order valence-corrected chi connectivity index (χ4v) is 9.66. The Morgan fingerprint density at radius 3 is 1.52 bits per heavy atom. The maximum absolute atomic E-state index is 13.3. The Morgan fingerprint density at radius 1 is 0.720 bits per heavy atom. The van der Waals surface area contributed by atoms with Gasteiger partial charge in [0.15, 0.2) is 5.40 Å². The van der Waals surface area contributed by atoms with Gasteiger partial charge in [0.2, 0.25) is 0 Å². The Bertz CT molecular complexity index is 371. The monoisotopic (exact) mass is 418 g/mol. The fraction of sp³-hybridized carbons (Fsp3) is 1.00. The Balaban J connectivity index is 5.26. The Hall–Kier alpha value is 0.650. The molecule has 0 aromatic carbocycles. The van der Waals surface area contributed by atoms with Crippen LogP contribution in [-0.4, -0.2) is 43.3 Å². The number of hydrogen-bond donors (Lipinski definition) is 0. The van der Waals surface area contributed by atoms with Crippen LogP contribution in [0, 0.1) is 0 Å². The second kappa shape index (κ2) is 14.7. The maximum atomic E-state index is 13.3. The molecular formula is C16H36O6P2S. The predicted molar refractivity (Wildman–Crippen MR) is 107 cm³/mol. The van der Waals surface area contributed by atoms with E-state index in [1.807, 2.05) is 0 Å². The summed E-state index contributed by atoms with van der Waals surface area (Å²) in [7, 11) is -7.21. The summed E-state index contributed by atoms with van der Waals surface area (Å²) in [6, 6.07) is 0. The Labute approximate surface area is 158 Å². The lowest BCUT2D eigenvalue weighted by molar-refractivity contribution is 0.197. The zero-order valence-corrected chi connectivity index (χ0v) is 19.0. The van der Waals surface area contributed by atoms with Crippen molar-refractivity contribution in [1.82, 2.24) is 0 Å². The number of hydrogen-bond acceptors (Lipinski definition) is 7. The SMILES string of the molecule is CCCCCCSCC(P(=O)(OCC)OCC)P(=O)(OCC)OCC. The molecule has 152 valence electrons. The summed E-state index contributed by atoms with van der Waals surface area (Å²) in [6.07, 6.45) is 4.63. The molecule has 0 bridgehead atoms. The van der Waals surface area contributed by atoms with Crippen LogP contribution >= 0.6 is 27.0 Å². The van der Waals surface area contributed by atoms with Gasteiger partial charge in [-0.3, -0.25) is 9.13 Å². The molecule has 0 spiro atoms. The largest absolute Gasteiger partial charge is 0.346 e. The van der Waals surface area contributed by atoms with Crippen molar-refractivity contribution in [2.24, 2.45) is 0 Å². The lowest BCUT2D eigenvalue weighted by Gasteiger charge is -2.31. The fourth-order valence-electron chi connectivity index (χ4n) is 2.31. The molecule has 0 aromatic heterocycles. The highest BCUT2D eigenvalue weighted by Crippen LogP contribution is 2.70. The summed E-state index contributed by atoms with van der Waals surface area (Å²) >= 11 is 1.60. The molecule has 0 rings (SSSR count). The average Bonchev–Trinajstić information content (AvgIpc) is 2.54. The number of thioether (sulfide) groups is 1. The van der Waals surface area contributed by atoms with Crippen molar-refractivity contribution < 1.29 is 27.2 Å². The van der Waals surface area contributed by atoms with Crippen molar-refractivity contribution in [3.8, 4) is 0 Å². The third-order valence-corrected chi connectivity index (χ3v) is 11.0. The lowest BCUT2D eigenvalue weighted by Crippen LogP contribution is -2.20. The van der Waals surface area contributed by atoms with E-state index in [9.17, 15) is 9.13 Å². The summed E-state index contributed by atoms with van der Waals surface area (Å²) < 4.78 is 48.4. The smallest absolute Gasteiger partial charge is 0.308 e. The predicted octanol–water partition coefficient (Wildman–Crippen LogP) is 6.16. The topological polar surface area (TPSA) is 71.1 Å². The van der Waals surface area contributed by atoms with Crippen LogP contribution in [0.5, 0.6) is 0 Å². The van der Waals surface area contributed by atoms with Crippen LogP contribution in [0.2, 0.25) is 0 Å². The van der Waals surface area contributed by atoms with Crippen molar-refractivity contribution in [2.75, 3.05) is 37.9 Å². The quantitative estimate of drug-likeness (QED) is 0.207. The van der Waals surface area contributed by atoms with Crippen LogP contribution in [-0.2, 0) is 27.2 Å². The number of rotatable bonds is 17. The first-order chi connectivity index (χ1) is 11.9. The Morgan fingerprint density at radius 2 is 1.16 bits per heavy atom. The minimum atomic E-state index is -3.61. The summed E-state index contributed by atoms with van der Waals surface area (Å²) in [6.45, 7) is 10.0. The number of unbranched alkanes of at least 4 members (excludes halogenated alkanes) is 3. The molecule has 0 aromatic rings. The molecule has 25 heavy (non-hydrogen) atoms. The first kappa shape index (κ1) is 25.6. The maximum Gasteiger partial charge on any atom is 0.346 e. The van der Waals surface area contributed by atoms with Gasteiger partial charge in [0.25, 0.3) is 0 Å². The highest BCUT2D eigenvalue weighted by atomic mass is 32.2. The summed E-state index contributed by atoms with van der Waals surface area (Å²) in [5.74, 6) is 1.27. The first-order valence-corrected chi connectivity index (χ1v) is 13.7. The zero-order valence-electron chi connectivity index (χ0n) is 16.4. The van der Waals surface area contributed by atoms with E-state index in [4.69, 9.17) is 18.1 Å². The molecule has 6 nitrogen and oxygen atoms in total. The first-order valence-electron chi connectivity index (χ1n) is 9.29. The van der Waals surface area contributed by atoms with E-state index in [0.717, 1.165) is 18.6 Å². The van der Waals surface area contributed by atoms with Gasteiger partial charge in [0.05, 0.1) is 26.4 Å². The molecule has 0 saturated carbocycles. The van der Waals surface area contributed by atoms with Crippen LogP contribution in [0.4, 0.5) is 0 Å². The van der Waals surface area contributed by atoms with Gasteiger partial charge >= 0.3 is 15.2 Å². The van der Waals surface area contributed by atoms with Gasteiger partial charge in [-0.25, -0.2) is 0 Å². The van der Waals surface area contributed by atoms with Crippen LogP contribution < -0.4 is 0 Å². The molecular weight excluding hydrogens is 382 g/mol. The minimum Gasteiger partial charge on any atom is -0.308 e. The highest BCUT2D eigenvalue weighted by molar-refractivity contribution is 8.00. The molecule has 0 unspecified atom stereocenters. The van der Waals surface area contributed by atoms with E-state index < -0.39 is 20.6 Å². The molecule has 0 amide bonds. The van der Waals surface area contributed by atoms with Gasteiger partial charge in [-0.05, 0) is 39.9 Å². The molecule has 0 aliphatic carbocycles. The second-order valence-electron chi connectivity index (χ2n) is 5.37. The van der Waals surface area contributed by atoms with E-state index >= 15 is 0 Å². The average molecular weight is 418 g/mol. The van der Waals surface area contributed by atoms with Crippen molar-refractivity contribution in [3.05, 3.63) is 0 Å². The summed E-state index contributed by atoms with van der Waals surface area (Å²) in [4.78, 5) is 0. The second-order valence-corrected chi connectivity index (χ2v) is 11.4. The van der Waals surface area contributed by atoms with E-state index in [0.29, 0.717) is 5.75 Å². The van der Waals surface area contributed by atoms with E-state index in [1.165, 1.54) is 12.8 Å². The van der Waals surface area contributed by atoms with Crippen LogP contribution in [0.25, 0.3) is 0 Å². The van der Waals surface area contributed by atoms with Crippen molar-refractivity contribution in [2.45, 2.75) is 65.7 Å². The standard InChI is InChI=1S/C16H36O6P2S/c1-6-11-12-13-14-25-15-16(23(17,19-7-2)20-8-3)24(18,21-9-4)22-10-5/h16H,6-15H2,1-5H3. The molecule has 9 heteroatoms. The molecule has 0 aliphatic rings. The van der Waals surface area contributed by atoms with Crippen LogP contribution in [0.15, 0.2) is 0 Å². The minimum absolute atomic E-state index is 0.215. The highest BCUT2D eigenvalue weighted by Gasteiger charge is 2.50. The van der Waals surface area contributed by atoms with Gasteiger partial charge < -0.3 is 18.1 Å². The van der Waals surface area contributed by atoms with Gasteiger partial charge in [0.1, 0.15) is 0 Å². The normalized spacial score (nSPS) is 12.9. The van der Waals surface area contributed by atoms with E-state index in [-0.39, 0.29) is 26.4 Å². The van der Waals surface area contributed by atoms with Crippen molar-refractivity contribution in [3.63, 3.8) is 0 Å². The van der Waals surface area contributed by atoms with Crippen molar-refractivity contribution in [1.29, 1.82) is 0 Å². The molecule has 0 fully saturated rings. The molecule has 0 heterocycles. The molecule has 0 saturated heterocycles. The summed E-state index contributed by atoms with van der Waals surface area (Å²) in [5.41, 5.74) is 0. The molecule has 0 aliphatic heterocycles. The van der Waals surface area contributed by atoms with Gasteiger partial charge in [0, 0.05) is 5.75 Å².